The second-order valence-corrected chi connectivity index (χ2v) is 7.90. The summed E-state index contributed by atoms with van der Waals surface area (Å²) in [6.07, 6.45) is 3.02. The first kappa shape index (κ1) is 18.9. The van der Waals surface area contributed by atoms with E-state index in [9.17, 15) is 13.5 Å². The van der Waals surface area contributed by atoms with Gasteiger partial charge in [0.15, 0.2) is 16.6 Å². The van der Waals surface area contributed by atoms with Crippen molar-refractivity contribution in [3.63, 3.8) is 0 Å². The van der Waals surface area contributed by atoms with E-state index < -0.39 is 10.0 Å². The molecule has 0 saturated heterocycles. The molecule has 1 heterocycles. The van der Waals surface area contributed by atoms with Gasteiger partial charge in [-0.3, -0.25) is 9.71 Å². The summed E-state index contributed by atoms with van der Waals surface area (Å²) in [5.74, 6) is 0.395. The van der Waals surface area contributed by atoms with Crippen LogP contribution in [0, 0.1) is 0 Å². The number of para-hydroxylation sites is 1. The third-order valence-electron chi connectivity index (χ3n) is 3.48. The summed E-state index contributed by atoms with van der Waals surface area (Å²) in [4.78, 5) is 8.29. The molecule has 3 aromatic rings. The molecule has 0 radical (unpaired) electrons. The minimum Gasteiger partial charge on any atom is -0.504 e. The van der Waals surface area contributed by atoms with Crippen LogP contribution in [0.15, 0.2) is 63.9 Å². The van der Waals surface area contributed by atoms with Crippen LogP contribution in [0.1, 0.15) is 12.5 Å². The number of rotatable bonds is 7. The molecule has 0 bridgehead atoms. The standard InChI is InChI=1S/C18H17N3O4S2/c1-2-25-16-5-3-4-13(17(16)22)12-20-14-6-8-15(9-7-14)27(23,24)21-18-19-10-11-26-18/h3-12,22H,2H2,1H3,(H,19,21). The van der Waals surface area contributed by atoms with Gasteiger partial charge < -0.3 is 9.84 Å². The first-order valence-electron chi connectivity index (χ1n) is 8.01. The highest BCUT2D eigenvalue weighted by Gasteiger charge is 2.15. The molecule has 0 unspecified atom stereocenters. The number of phenolic OH excluding ortho intramolecular Hbond substituents is 1. The fourth-order valence-corrected chi connectivity index (χ4v) is 4.01. The monoisotopic (exact) mass is 403 g/mol. The van der Waals surface area contributed by atoms with Gasteiger partial charge in [-0.05, 0) is 43.3 Å². The minimum absolute atomic E-state index is 0.00921. The first-order chi connectivity index (χ1) is 13.0. The Hall–Kier alpha value is -2.91. The molecule has 0 aliphatic heterocycles. The van der Waals surface area contributed by atoms with Gasteiger partial charge in [0.25, 0.3) is 10.0 Å². The van der Waals surface area contributed by atoms with E-state index in [2.05, 4.69) is 14.7 Å². The Balaban J connectivity index is 1.76. The summed E-state index contributed by atoms with van der Waals surface area (Å²) < 4.78 is 32.4. The lowest BCUT2D eigenvalue weighted by Gasteiger charge is -2.07. The third kappa shape index (κ3) is 4.63. The zero-order chi connectivity index (χ0) is 19.3. The Bertz CT molecular complexity index is 1030. The molecule has 0 atom stereocenters. The van der Waals surface area contributed by atoms with Crippen molar-refractivity contribution < 1.29 is 18.3 Å². The van der Waals surface area contributed by atoms with Crippen molar-refractivity contribution in [2.24, 2.45) is 4.99 Å². The average molecular weight is 403 g/mol. The number of hydrogen-bond donors (Lipinski definition) is 2. The maximum absolute atomic E-state index is 12.3. The van der Waals surface area contributed by atoms with E-state index in [1.54, 1.807) is 35.7 Å². The second kappa shape index (κ2) is 8.19. The summed E-state index contributed by atoms with van der Waals surface area (Å²) in [5, 5.41) is 12.2. The minimum atomic E-state index is -3.70. The molecule has 0 aliphatic rings. The molecule has 140 valence electrons. The number of aliphatic imine (C=N–C) groups is 1. The number of hydrogen-bond acceptors (Lipinski definition) is 7. The third-order valence-corrected chi connectivity index (χ3v) is 5.66. The van der Waals surface area contributed by atoms with E-state index in [-0.39, 0.29) is 10.6 Å². The van der Waals surface area contributed by atoms with E-state index in [0.717, 1.165) is 0 Å². The molecule has 0 aliphatic carbocycles. The van der Waals surface area contributed by atoms with Crippen LogP contribution in [0.5, 0.6) is 11.5 Å². The lowest BCUT2D eigenvalue weighted by atomic mass is 10.2. The Labute approximate surface area is 161 Å². The number of anilines is 1. The quantitative estimate of drug-likeness (QED) is 0.585. The van der Waals surface area contributed by atoms with E-state index in [1.165, 1.54) is 35.9 Å². The Morgan fingerprint density at radius 1 is 1.26 bits per heavy atom. The lowest BCUT2D eigenvalue weighted by Crippen LogP contribution is -2.12. The van der Waals surface area contributed by atoms with Crippen molar-refractivity contribution >= 4 is 38.4 Å². The Morgan fingerprint density at radius 3 is 2.70 bits per heavy atom. The largest absolute Gasteiger partial charge is 0.504 e. The molecule has 3 rings (SSSR count). The summed E-state index contributed by atoms with van der Waals surface area (Å²) in [7, 11) is -3.70. The number of thiazole rings is 1. The zero-order valence-electron chi connectivity index (χ0n) is 14.4. The van der Waals surface area contributed by atoms with Crippen LogP contribution in [-0.2, 0) is 10.0 Å². The fraction of sp³-hybridized carbons (Fsp3) is 0.111. The number of aromatic nitrogens is 1. The number of benzene rings is 2. The molecule has 9 heteroatoms. The predicted octanol–water partition coefficient (Wildman–Crippen LogP) is 3.80. The van der Waals surface area contributed by atoms with Crippen LogP contribution in [0.3, 0.4) is 0 Å². The van der Waals surface area contributed by atoms with Gasteiger partial charge in [-0.25, -0.2) is 13.4 Å². The molecule has 0 saturated carbocycles. The first-order valence-corrected chi connectivity index (χ1v) is 10.4. The molecule has 0 fully saturated rings. The van der Waals surface area contributed by atoms with Gasteiger partial charge in [-0.1, -0.05) is 6.07 Å². The number of phenols is 1. The summed E-state index contributed by atoms with van der Waals surface area (Å²) in [6, 6.07) is 11.2. The zero-order valence-corrected chi connectivity index (χ0v) is 16.0. The molecular formula is C18H17N3O4S2. The van der Waals surface area contributed by atoms with Crippen LogP contribution in [0.4, 0.5) is 10.8 Å². The van der Waals surface area contributed by atoms with Gasteiger partial charge in [-0.15, -0.1) is 11.3 Å². The molecule has 2 N–H and O–H groups in total. The van der Waals surface area contributed by atoms with Gasteiger partial charge in [0.1, 0.15) is 0 Å². The Kier molecular flexibility index (Phi) is 5.72. The maximum atomic E-state index is 12.3. The van der Waals surface area contributed by atoms with Gasteiger partial charge >= 0.3 is 0 Å². The lowest BCUT2D eigenvalue weighted by molar-refractivity contribution is 0.318. The van der Waals surface area contributed by atoms with Crippen LogP contribution in [0.2, 0.25) is 0 Å². The molecule has 1 aromatic heterocycles. The van der Waals surface area contributed by atoms with Crippen LogP contribution >= 0.6 is 11.3 Å². The highest BCUT2D eigenvalue weighted by Crippen LogP contribution is 2.29. The number of aromatic hydroxyl groups is 1. The number of sulfonamides is 1. The molecule has 7 nitrogen and oxygen atoms in total. The maximum Gasteiger partial charge on any atom is 0.263 e. The summed E-state index contributed by atoms with van der Waals surface area (Å²) in [5.41, 5.74) is 1.05. The molecule has 0 spiro atoms. The van der Waals surface area contributed by atoms with Gasteiger partial charge in [-0.2, -0.15) is 0 Å². The van der Waals surface area contributed by atoms with E-state index in [4.69, 9.17) is 4.74 Å². The van der Waals surface area contributed by atoms with Crippen LogP contribution in [-0.4, -0.2) is 31.3 Å². The summed E-state index contributed by atoms with van der Waals surface area (Å²) >= 11 is 1.20. The molecule has 2 aromatic carbocycles. The average Bonchev–Trinajstić information content (AvgIpc) is 3.15. The van der Waals surface area contributed by atoms with Gasteiger partial charge in [0, 0.05) is 23.4 Å². The topological polar surface area (TPSA) is 101 Å². The van der Waals surface area contributed by atoms with Crippen LogP contribution in [0.25, 0.3) is 0 Å². The number of nitrogens with one attached hydrogen (secondary N) is 1. The van der Waals surface area contributed by atoms with Crippen molar-refractivity contribution in [3.8, 4) is 11.5 Å². The second-order valence-electron chi connectivity index (χ2n) is 5.32. The number of nitrogens with zero attached hydrogens (tertiary/aromatic N) is 2. The van der Waals surface area contributed by atoms with E-state index in [0.29, 0.717) is 28.7 Å². The SMILES string of the molecule is CCOc1cccc(C=Nc2ccc(S(=O)(=O)Nc3nccs3)cc2)c1O. The van der Waals surface area contributed by atoms with Crippen molar-refractivity contribution in [2.45, 2.75) is 11.8 Å². The highest BCUT2D eigenvalue weighted by molar-refractivity contribution is 7.93. The summed E-state index contributed by atoms with van der Waals surface area (Å²) in [6.45, 7) is 2.28. The van der Waals surface area contributed by atoms with Crippen molar-refractivity contribution in [3.05, 3.63) is 59.6 Å². The molecule has 0 amide bonds. The Morgan fingerprint density at radius 2 is 2.04 bits per heavy atom. The number of ether oxygens (including phenoxy) is 1. The van der Waals surface area contributed by atoms with Gasteiger partial charge in [0.05, 0.1) is 17.2 Å². The highest BCUT2D eigenvalue weighted by atomic mass is 32.2. The smallest absolute Gasteiger partial charge is 0.263 e. The molecule has 27 heavy (non-hydrogen) atoms. The van der Waals surface area contributed by atoms with Crippen molar-refractivity contribution in [1.82, 2.24) is 4.98 Å². The molecular weight excluding hydrogens is 386 g/mol. The van der Waals surface area contributed by atoms with Crippen LogP contribution < -0.4 is 9.46 Å². The normalized spacial score (nSPS) is 11.6. The van der Waals surface area contributed by atoms with Gasteiger partial charge in [0.2, 0.25) is 0 Å². The van der Waals surface area contributed by atoms with E-state index in [1.807, 2.05) is 6.92 Å². The fourth-order valence-electron chi connectivity index (χ4n) is 2.22. The van der Waals surface area contributed by atoms with Crippen molar-refractivity contribution in [2.75, 3.05) is 11.3 Å². The predicted molar refractivity (Wildman–Crippen MR) is 106 cm³/mol. The van der Waals surface area contributed by atoms with E-state index >= 15 is 0 Å². The van der Waals surface area contributed by atoms with Crippen molar-refractivity contribution in [1.29, 1.82) is 0 Å².